The maximum absolute atomic E-state index is 12.6. The number of azide groups is 1. The molecule has 2 amide bonds. The molecule has 0 saturated heterocycles. The van der Waals surface area contributed by atoms with E-state index in [1.54, 1.807) is 42.5 Å². The molecule has 1 aliphatic rings. The van der Waals surface area contributed by atoms with Gasteiger partial charge in [0.05, 0.1) is 23.5 Å². The first-order chi connectivity index (χ1) is 16.0. The van der Waals surface area contributed by atoms with Crippen molar-refractivity contribution in [3.63, 3.8) is 0 Å². The molecule has 1 heterocycles. The number of benzene rings is 2. The van der Waals surface area contributed by atoms with Gasteiger partial charge in [-0.2, -0.15) is 0 Å². The highest BCUT2D eigenvalue weighted by Gasteiger charge is 2.23. The van der Waals surface area contributed by atoms with Gasteiger partial charge in [0.25, 0.3) is 0 Å². The van der Waals surface area contributed by atoms with Crippen LogP contribution in [0.1, 0.15) is 46.2 Å². The van der Waals surface area contributed by atoms with Gasteiger partial charge in [0, 0.05) is 16.0 Å². The van der Waals surface area contributed by atoms with Crippen molar-refractivity contribution in [2.24, 2.45) is 5.11 Å². The molecule has 0 spiro atoms. The third kappa shape index (κ3) is 4.83. The van der Waals surface area contributed by atoms with Gasteiger partial charge < -0.3 is 10.4 Å². The van der Waals surface area contributed by atoms with Crippen molar-refractivity contribution in [1.29, 1.82) is 0 Å². The zero-order chi connectivity index (χ0) is 23.4. The van der Waals surface area contributed by atoms with Crippen molar-refractivity contribution < 1.29 is 14.7 Å². The molecule has 0 aliphatic heterocycles. The zero-order valence-corrected chi connectivity index (χ0v) is 18.1. The molecular formula is C24H22N6O3. The molecule has 1 aromatic heterocycles. The molecule has 0 radical (unpaired) electrons. The van der Waals surface area contributed by atoms with Gasteiger partial charge in [-0.15, -0.1) is 0 Å². The summed E-state index contributed by atoms with van der Waals surface area (Å²) in [4.78, 5) is 36.7. The third-order valence-corrected chi connectivity index (χ3v) is 5.46. The first kappa shape index (κ1) is 22.0. The summed E-state index contributed by atoms with van der Waals surface area (Å²) in [6.07, 6.45) is 2.91. The average molecular weight is 442 g/mol. The molecule has 9 nitrogen and oxygen atoms in total. The number of aromatic hydroxyl groups is 1. The number of amides is 2. The standard InChI is InChI=1S/C24H22N6O3/c1-2-3-20-23(28-21(32)12-14-4-8-17(31)9-5-14)27-19-11-7-15-13-16(24(33)29-30-25)6-10-18(15)22(19)26-20/h4-6,8-10,13,31H,2-3,7,11-12H2,1H3,(H,27,28,32). The lowest BCUT2D eigenvalue weighted by atomic mass is 9.90. The Morgan fingerprint density at radius 1 is 1.15 bits per heavy atom. The summed E-state index contributed by atoms with van der Waals surface area (Å²) in [7, 11) is 0. The fourth-order valence-corrected chi connectivity index (χ4v) is 3.90. The SMILES string of the molecule is CCCc1nc2c(nc1NC(=O)Cc1ccc(O)cc1)CCc1cc(C(=O)N=[N+]=[N-])ccc1-2. The monoisotopic (exact) mass is 442 g/mol. The van der Waals surface area contributed by atoms with E-state index in [-0.39, 0.29) is 18.1 Å². The van der Waals surface area contributed by atoms with Crippen LogP contribution in [0.4, 0.5) is 5.82 Å². The molecule has 2 N–H and O–H groups in total. The van der Waals surface area contributed by atoms with Crippen molar-refractivity contribution in [1.82, 2.24) is 9.97 Å². The molecule has 2 aromatic carbocycles. The van der Waals surface area contributed by atoms with E-state index in [0.717, 1.165) is 34.5 Å². The smallest absolute Gasteiger partial charge is 0.249 e. The maximum atomic E-state index is 12.6. The number of rotatable bonds is 6. The lowest BCUT2D eigenvalue weighted by Gasteiger charge is -2.21. The largest absolute Gasteiger partial charge is 0.508 e. The van der Waals surface area contributed by atoms with Crippen LogP contribution in [0.3, 0.4) is 0 Å². The van der Waals surface area contributed by atoms with Crippen LogP contribution in [-0.2, 0) is 30.5 Å². The fraction of sp³-hybridized carbons (Fsp3) is 0.250. The Balaban J connectivity index is 1.63. The van der Waals surface area contributed by atoms with E-state index in [4.69, 9.17) is 15.5 Å². The Morgan fingerprint density at radius 2 is 1.94 bits per heavy atom. The van der Waals surface area contributed by atoms with Gasteiger partial charge in [-0.1, -0.05) is 37.6 Å². The maximum Gasteiger partial charge on any atom is 0.249 e. The van der Waals surface area contributed by atoms with E-state index in [2.05, 4.69) is 15.3 Å². The van der Waals surface area contributed by atoms with Crippen LogP contribution < -0.4 is 5.32 Å². The average Bonchev–Trinajstić information content (AvgIpc) is 2.81. The fourth-order valence-electron chi connectivity index (χ4n) is 3.90. The number of aryl methyl sites for hydroxylation is 3. The number of aromatic nitrogens is 2. The number of carbonyl (C=O) groups is 2. The van der Waals surface area contributed by atoms with Gasteiger partial charge in [0.2, 0.25) is 11.8 Å². The van der Waals surface area contributed by atoms with Crippen LogP contribution in [0.25, 0.3) is 21.7 Å². The number of phenolic OH excluding ortho intramolecular Hbond substituents is 1. The first-order valence-electron chi connectivity index (χ1n) is 10.7. The Kier molecular flexibility index (Phi) is 6.33. The molecule has 0 saturated carbocycles. The van der Waals surface area contributed by atoms with Crippen molar-refractivity contribution in [3.05, 3.63) is 81.0 Å². The minimum Gasteiger partial charge on any atom is -0.508 e. The van der Waals surface area contributed by atoms with Crippen LogP contribution in [0.15, 0.2) is 47.6 Å². The second-order valence-corrected chi connectivity index (χ2v) is 7.82. The molecule has 1 aliphatic carbocycles. The van der Waals surface area contributed by atoms with E-state index < -0.39 is 5.91 Å². The summed E-state index contributed by atoms with van der Waals surface area (Å²) >= 11 is 0. The number of fused-ring (bicyclic) bond motifs is 3. The molecular weight excluding hydrogens is 420 g/mol. The second-order valence-electron chi connectivity index (χ2n) is 7.82. The number of nitrogens with zero attached hydrogens (tertiary/aromatic N) is 5. The Morgan fingerprint density at radius 3 is 2.67 bits per heavy atom. The van der Waals surface area contributed by atoms with Crippen molar-refractivity contribution in [2.75, 3.05) is 5.32 Å². The highest BCUT2D eigenvalue weighted by molar-refractivity contribution is 5.96. The topological polar surface area (TPSA) is 141 Å². The lowest BCUT2D eigenvalue weighted by Crippen LogP contribution is -2.20. The van der Waals surface area contributed by atoms with Crippen LogP contribution in [0.2, 0.25) is 0 Å². The Labute approximate surface area is 190 Å². The number of hydrogen-bond donors (Lipinski definition) is 2. The first-order valence-corrected chi connectivity index (χ1v) is 10.7. The van der Waals surface area contributed by atoms with Crippen molar-refractivity contribution in [3.8, 4) is 17.0 Å². The van der Waals surface area contributed by atoms with E-state index in [1.165, 1.54) is 0 Å². The summed E-state index contributed by atoms with van der Waals surface area (Å²) < 4.78 is 0. The number of phenols is 1. The van der Waals surface area contributed by atoms with Crippen molar-refractivity contribution in [2.45, 2.75) is 39.0 Å². The van der Waals surface area contributed by atoms with Gasteiger partial charge in [-0.25, -0.2) is 9.97 Å². The van der Waals surface area contributed by atoms with Gasteiger partial charge >= 0.3 is 0 Å². The summed E-state index contributed by atoms with van der Waals surface area (Å²) in [5.74, 6) is -0.197. The zero-order valence-electron chi connectivity index (χ0n) is 18.1. The van der Waals surface area contributed by atoms with E-state index in [0.29, 0.717) is 36.3 Å². The molecule has 3 aromatic rings. The molecule has 0 atom stereocenters. The molecule has 0 unspecified atom stereocenters. The number of anilines is 1. The molecule has 166 valence electrons. The van der Waals surface area contributed by atoms with Gasteiger partial charge in [0.1, 0.15) is 5.75 Å². The second kappa shape index (κ2) is 9.50. The van der Waals surface area contributed by atoms with Crippen LogP contribution >= 0.6 is 0 Å². The highest BCUT2D eigenvalue weighted by atomic mass is 16.3. The van der Waals surface area contributed by atoms with Crippen molar-refractivity contribution >= 4 is 17.6 Å². The number of hydrogen-bond acceptors (Lipinski definition) is 5. The van der Waals surface area contributed by atoms with Gasteiger partial charge in [-0.05, 0) is 59.2 Å². The Bertz CT molecular complexity index is 1280. The van der Waals surface area contributed by atoms with Gasteiger partial charge in [0.15, 0.2) is 5.82 Å². The van der Waals surface area contributed by atoms with Gasteiger partial charge in [-0.3, -0.25) is 9.59 Å². The third-order valence-electron chi connectivity index (χ3n) is 5.46. The van der Waals surface area contributed by atoms with E-state index in [9.17, 15) is 14.7 Å². The summed E-state index contributed by atoms with van der Waals surface area (Å²) in [5, 5.41) is 15.5. The number of carbonyl (C=O) groups excluding carboxylic acids is 2. The molecule has 9 heteroatoms. The quantitative estimate of drug-likeness (QED) is 0.328. The van der Waals surface area contributed by atoms with E-state index >= 15 is 0 Å². The van der Waals surface area contributed by atoms with Crippen LogP contribution in [0.5, 0.6) is 5.75 Å². The summed E-state index contributed by atoms with van der Waals surface area (Å²) in [6.45, 7) is 2.03. The molecule has 0 fully saturated rings. The predicted molar refractivity (Wildman–Crippen MR) is 123 cm³/mol. The van der Waals surface area contributed by atoms with E-state index in [1.807, 2.05) is 6.92 Å². The molecule has 0 bridgehead atoms. The normalized spacial score (nSPS) is 11.7. The summed E-state index contributed by atoms with van der Waals surface area (Å²) in [5.41, 5.74) is 13.7. The van der Waals surface area contributed by atoms with Crippen LogP contribution in [-0.4, -0.2) is 26.9 Å². The lowest BCUT2D eigenvalue weighted by molar-refractivity contribution is -0.115. The summed E-state index contributed by atoms with van der Waals surface area (Å²) in [6, 6.07) is 11.7. The predicted octanol–water partition coefficient (Wildman–Crippen LogP) is 4.53. The Hall–Kier alpha value is -4.23. The highest BCUT2D eigenvalue weighted by Crippen LogP contribution is 2.33. The van der Waals surface area contributed by atoms with Crippen LogP contribution in [0, 0.1) is 0 Å². The molecule has 33 heavy (non-hydrogen) atoms. The number of nitrogens with one attached hydrogen (secondary N) is 1. The minimum absolute atomic E-state index is 0.152. The molecule has 4 rings (SSSR count). The minimum atomic E-state index is -0.615.